The summed E-state index contributed by atoms with van der Waals surface area (Å²) >= 11 is 0. The van der Waals surface area contributed by atoms with Crippen LogP contribution in [-0.2, 0) is 6.54 Å². The molecule has 0 bridgehead atoms. The fourth-order valence-corrected chi connectivity index (χ4v) is 1.70. The fourth-order valence-electron chi connectivity index (χ4n) is 1.70. The van der Waals surface area contributed by atoms with Crippen molar-refractivity contribution in [3.63, 3.8) is 0 Å². The minimum atomic E-state index is 0.492. The number of methoxy groups -OCH3 is 2. The molecule has 1 aromatic carbocycles. The zero-order valence-corrected chi connectivity index (χ0v) is 11.3. The van der Waals surface area contributed by atoms with E-state index in [0.29, 0.717) is 18.5 Å². The highest BCUT2D eigenvalue weighted by Gasteiger charge is 2.22. The number of nitrogens with zero attached hydrogens (tertiary/aromatic N) is 1. The van der Waals surface area contributed by atoms with Crippen LogP contribution in [0.1, 0.15) is 18.4 Å². The minimum Gasteiger partial charge on any atom is -0.497 e. The average Bonchev–Trinajstić information content (AvgIpc) is 3.27. The van der Waals surface area contributed by atoms with E-state index in [1.807, 2.05) is 18.2 Å². The van der Waals surface area contributed by atoms with Gasteiger partial charge in [-0.1, -0.05) is 0 Å². The van der Waals surface area contributed by atoms with E-state index in [9.17, 15) is 0 Å². The number of hydrogen-bond acceptors (Lipinski definition) is 4. The maximum absolute atomic E-state index is 5.43. The molecule has 0 spiro atoms. The van der Waals surface area contributed by atoms with E-state index >= 15 is 0 Å². The van der Waals surface area contributed by atoms with Gasteiger partial charge in [-0.25, -0.2) is 10.8 Å². The molecule has 0 aliphatic heterocycles. The normalized spacial score (nSPS) is 15.0. The van der Waals surface area contributed by atoms with Crippen LogP contribution in [0.3, 0.4) is 0 Å². The van der Waals surface area contributed by atoms with Crippen molar-refractivity contribution >= 4 is 5.96 Å². The number of guanidine groups is 1. The van der Waals surface area contributed by atoms with E-state index in [4.69, 9.17) is 15.3 Å². The van der Waals surface area contributed by atoms with Crippen LogP contribution < -0.4 is 26.1 Å². The molecule has 4 N–H and O–H groups in total. The van der Waals surface area contributed by atoms with Crippen molar-refractivity contribution in [2.24, 2.45) is 10.8 Å². The fraction of sp³-hybridized carbons (Fsp3) is 0.462. The smallest absolute Gasteiger partial charge is 0.206 e. The molecule has 0 saturated heterocycles. The van der Waals surface area contributed by atoms with Crippen LogP contribution in [0.15, 0.2) is 23.2 Å². The molecule has 1 aromatic rings. The number of hydrogen-bond donors (Lipinski definition) is 3. The van der Waals surface area contributed by atoms with Gasteiger partial charge in [0.1, 0.15) is 11.5 Å². The Morgan fingerprint density at radius 2 is 2.16 bits per heavy atom. The van der Waals surface area contributed by atoms with E-state index < -0.39 is 0 Å². The van der Waals surface area contributed by atoms with Crippen LogP contribution in [-0.4, -0.2) is 26.2 Å². The minimum absolute atomic E-state index is 0.492. The number of rotatable bonds is 5. The van der Waals surface area contributed by atoms with Gasteiger partial charge >= 0.3 is 0 Å². The lowest BCUT2D eigenvalue weighted by Gasteiger charge is -2.10. The predicted octanol–water partition coefficient (Wildman–Crippen LogP) is 0.775. The highest BCUT2D eigenvalue weighted by atomic mass is 16.5. The second-order valence-electron chi connectivity index (χ2n) is 4.41. The van der Waals surface area contributed by atoms with E-state index in [0.717, 1.165) is 17.1 Å². The first-order valence-corrected chi connectivity index (χ1v) is 6.25. The van der Waals surface area contributed by atoms with Crippen molar-refractivity contribution in [1.82, 2.24) is 10.7 Å². The maximum Gasteiger partial charge on any atom is 0.206 e. The Morgan fingerprint density at radius 1 is 1.37 bits per heavy atom. The predicted molar refractivity (Wildman–Crippen MR) is 74.2 cm³/mol. The molecule has 0 atom stereocenters. The largest absolute Gasteiger partial charge is 0.497 e. The number of nitrogens with two attached hydrogens (primary N) is 1. The molecule has 1 fully saturated rings. The average molecular weight is 264 g/mol. The summed E-state index contributed by atoms with van der Waals surface area (Å²) in [4.78, 5) is 4.41. The highest BCUT2D eigenvalue weighted by molar-refractivity contribution is 5.79. The topological polar surface area (TPSA) is 80.9 Å². The molecule has 19 heavy (non-hydrogen) atoms. The molecule has 0 amide bonds. The molecule has 0 unspecified atom stereocenters. The van der Waals surface area contributed by atoms with Crippen LogP contribution in [0.2, 0.25) is 0 Å². The van der Waals surface area contributed by atoms with Crippen LogP contribution >= 0.6 is 0 Å². The molecular weight excluding hydrogens is 244 g/mol. The Labute approximate surface area is 113 Å². The molecule has 1 saturated carbocycles. The standard InChI is InChI=1S/C13H20N4O2/c1-18-11-6-3-9(12(7-11)19-2)8-15-13(17-14)16-10-4-5-10/h3,6-7,10H,4-5,8,14H2,1-2H3,(H2,15,16,17). The molecular formula is C13H20N4O2. The zero-order chi connectivity index (χ0) is 13.7. The molecule has 2 rings (SSSR count). The first-order chi connectivity index (χ1) is 9.26. The SMILES string of the molecule is COc1ccc(CN=C(NN)NC2CC2)c(OC)c1. The van der Waals surface area contributed by atoms with Gasteiger partial charge in [-0.15, -0.1) is 0 Å². The Morgan fingerprint density at radius 3 is 2.74 bits per heavy atom. The Kier molecular flexibility index (Phi) is 4.46. The van der Waals surface area contributed by atoms with Crippen LogP contribution in [0.4, 0.5) is 0 Å². The van der Waals surface area contributed by atoms with E-state index in [2.05, 4.69) is 15.7 Å². The summed E-state index contributed by atoms with van der Waals surface area (Å²) in [6.07, 6.45) is 2.35. The molecule has 0 aromatic heterocycles. The van der Waals surface area contributed by atoms with Gasteiger partial charge < -0.3 is 14.8 Å². The van der Waals surface area contributed by atoms with E-state index in [-0.39, 0.29) is 0 Å². The number of hydrazine groups is 1. The van der Waals surface area contributed by atoms with Crippen molar-refractivity contribution in [3.05, 3.63) is 23.8 Å². The molecule has 6 heteroatoms. The molecule has 1 aliphatic carbocycles. The van der Waals surface area contributed by atoms with E-state index in [1.165, 1.54) is 12.8 Å². The molecule has 0 heterocycles. The van der Waals surface area contributed by atoms with Crippen molar-refractivity contribution in [2.75, 3.05) is 14.2 Å². The Hall–Kier alpha value is -1.95. The highest BCUT2D eigenvalue weighted by Crippen LogP contribution is 2.25. The van der Waals surface area contributed by atoms with Crippen molar-refractivity contribution in [1.29, 1.82) is 0 Å². The molecule has 0 radical (unpaired) electrons. The van der Waals surface area contributed by atoms with E-state index in [1.54, 1.807) is 14.2 Å². The summed E-state index contributed by atoms with van der Waals surface area (Å²) in [7, 11) is 3.26. The number of nitrogens with one attached hydrogen (secondary N) is 2. The third-order valence-corrected chi connectivity index (χ3v) is 2.96. The van der Waals surface area contributed by atoms with Gasteiger partial charge in [0.15, 0.2) is 0 Å². The Bertz CT molecular complexity index is 458. The lowest BCUT2D eigenvalue weighted by molar-refractivity contribution is 0.391. The molecule has 6 nitrogen and oxygen atoms in total. The number of aliphatic imine (C=N–C) groups is 1. The monoisotopic (exact) mass is 264 g/mol. The summed E-state index contributed by atoms with van der Waals surface area (Å²) in [5, 5.41) is 3.22. The number of benzene rings is 1. The first-order valence-electron chi connectivity index (χ1n) is 6.25. The van der Waals surface area contributed by atoms with Crippen LogP contribution in [0, 0.1) is 0 Å². The summed E-state index contributed by atoms with van der Waals surface area (Å²) in [6, 6.07) is 6.17. The summed E-state index contributed by atoms with van der Waals surface area (Å²) < 4.78 is 10.5. The van der Waals surface area contributed by atoms with Crippen molar-refractivity contribution in [3.8, 4) is 11.5 Å². The molecule has 1 aliphatic rings. The summed E-state index contributed by atoms with van der Waals surface area (Å²) in [5.74, 6) is 7.56. The Balaban J connectivity index is 2.06. The zero-order valence-electron chi connectivity index (χ0n) is 11.3. The van der Waals surface area contributed by atoms with Gasteiger partial charge in [-0.3, -0.25) is 5.43 Å². The quantitative estimate of drug-likeness (QED) is 0.317. The van der Waals surface area contributed by atoms with Gasteiger partial charge in [0.05, 0.1) is 20.8 Å². The van der Waals surface area contributed by atoms with Crippen molar-refractivity contribution < 1.29 is 9.47 Å². The van der Waals surface area contributed by atoms with Gasteiger partial charge in [0, 0.05) is 17.7 Å². The van der Waals surface area contributed by atoms with Crippen LogP contribution in [0.5, 0.6) is 11.5 Å². The summed E-state index contributed by atoms with van der Waals surface area (Å²) in [5.41, 5.74) is 3.56. The lowest BCUT2D eigenvalue weighted by atomic mass is 10.2. The second kappa shape index (κ2) is 6.29. The lowest BCUT2D eigenvalue weighted by Crippen LogP contribution is -2.42. The maximum atomic E-state index is 5.43. The summed E-state index contributed by atoms with van der Waals surface area (Å²) in [6.45, 7) is 0.492. The van der Waals surface area contributed by atoms with Gasteiger partial charge in [-0.2, -0.15) is 0 Å². The second-order valence-corrected chi connectivity index (χ2v) is 4.41. The van der Waals surface area contributed by atoms with Gasteiger partial charge in [0.25, 0.3) is 0 Å². The number of ether oxygens (including phenoxy) is 2. The van der Waals surface area contributed by atoms with Crippen molar-refractivity contribution in [2.45, 2.75) is 25.4 Å². The third-order valence-electron chi connectivity index (χ3n) is 2.96. The van der Waals surface area contributed by atoms with Gasteiger partial charge in [-0.05, 0) is 25.0 Å². The molecule has 104 valence electrons. The van der Waals surface area contributed by atoms with Gasteiger partial charge in [0.2, 0.25) is 5.96 Å². The first kappa shape index (κ1) is 13.5. The third kappa shape index (κ3) is 3.75. The van der Waals surface area contributed by atoms with Crippen LogP contribution in [0.25, 0.3) is 0 Å².